The molecule has 0 aromatic carbocycles. The fourth-order valence-corrected chi connectivity index (χ4v) is 0. The zero-order chi connectivity index (χ0) is 5.21. The fourth-order valence-electron chi connectivity index (χ4n) is 0. The topological polar surface area (TPSA) is 16.6 Å². The van der Waals surface area contributed by atoms with E-state index >= 15 is 0 Å². The zero-order valence-corrected chi connectivity index (χ0v) is 4.08. The van der Waals surface area contributed by atoms with Gasteiger partial charge >= 0.3 is 0 Å². The Balaban J connectivity index is 3.17. The smallest absolute Gasteiger partial charge is 0.166 e. The number of rotatable bonds is 0. The van der Waals surface area contributed by atoms with Crippen molar-refractivity contribution in [3.8, 4) is 0 Å². The second-order valence-electron chi connectivity index (χ2n) is 2.37. The van der Waals surface area contributed by atoms with Crippen LogP contribution in [-0.4, -0.2) is 13.5 Å². The minimum absolute atomic E-state index is 0.528. The minimum Gasteiger partial charge on any atom is -0.540 e. The molecule has 0 aliphatic carbocycles. The summed E-state index contributed by atoms with van der Waals surface area (Å²) < 4.78 is 0. The van der Waals surface area contributed by atoms with Gasteiger partial charge in [0.25, 0.3) is 0 Å². The molecule has 0 spiro atoms. The van der Waals surface area contributed by atoms with Crippen molar-refractivity contribution in [3.05, 3.63) is 0 Å². The Morgan fingerprint density at radius 2 is 1.50 bits per heavy atom. The molecule has 0 heterocycles. The molecule has 0 aliphatic heterocycles. The summed E-state index contributed by atoms with van der Waals surface area (Å²) in [4.78, 5) is 0. The second kappa shape index (κ2) is 1.65. The van der Waals surface area contributed by atoms with Crippen molar-refractivity contribution in [2.24, 2.45) is 0 Å². The number of hydrogen-bond acceptors (Lipinski definition) is 0. The van der Waals surface area contributed by atoms with Crippen molar-refractivity contribution in [3.63, 3.8) is 0 Å². The van der Waals surface area contributed by atoms with Crippen LogP contribution in [0.5, 0.6) is 0 Å². The van der Waals surface area contributed by atoms with Gasteiger partial charge in [0.2, 0.25) is 0 Å². The van der Waals surface area contributed by atoms with Crippen molar-refractivity contribution in [1.29, 1.82) is 0 Å². The molecule has 0 bridgehead atoms. The van der Waals surface area contributed by atoms with Crippen LogP contribution >= 0.6 is 0 Å². The van der Waals surface area contributed by atoms with E-state index < -0.39 is 0 Å². The summed E-state index contributed by atoms with van der Waals surface area (Å²) in [7, 11) is 0.535. The predicted molar refractivity (Wildman–Crippen MR) is 31.6 cm³/mol. The van der Waals surface area contributed by atoms with Crippen LogP contribution in [0.3, 0.4) is 0 Å². The zero-order valence-electron chi connectivity index (χ0n) is 4.08. The lowest BCUT2D eigenvalue weighted by Gasteiger charge is -2.17. The lowest BCUT2D eigenvalue weighted by molar-refractivity contribution is -0.584. The lowest BCUT2D eigenvalue weighted by atomic mass is 10.1. The maximum absolute atomic E-state index is 2.44. The van der Waals surface area contributed by atoms with Gasteiger partial charge in [-0.25, -0.2) is 0 Å². The molecule has 1 nitrogen and oxygen atoms in total. The third-order valence-electron chi connectivity index (χ3n) is 0. The van der Waals surface area contributed by atoms with E-state index in [2.05, 4.69) is 26.0 Å². The minimum atomic E-state index is 0.528. The van der Waals surface area contributed by atoms with Crippen molar-refractivity contribution in [2.75, 3.05) is 0 Å². The first-order valence-electron chi connectivity index (χ1n) is 1.79. The van der Waals surface area contributed by atoms with Gasteiger partial charge in [-0.15, -0.1) is 0 Å². The summed E-state index contributed by atoms with van der Waals surface area (Å²) in [5.41, 5.74) is 0.528. The molecule has 0 fully saturated rings. The molecule has 2 heteroatoms. The van der Waals surface area contributed by atoms with Gasteiger partial charge in [0.15, 0.2) is 7.98 Å². The van der Waals surface area contributed by atoms with Crippen LogP contribution in [0.15, 0.2) is 0 Å². The average Bonchev–Trinajstić information content (AvgIpc) is 1.35. The van der Waals surface area contributed by atoms with E-state index in [1.165, 1.54) is 0 Å². The number of nitrogens with two attached hydrogens (primary N) is 1. The van der Waals surface area contributed by atoms with E-state index in [-0.39, 0.29) is 0 Å². The SMILES string of the molecule is [BH3-][NH2+]C(C)(C)C. The van der Waals surface area contributed by atoms with Crippen LogP contribution in [-0.2, 0) is 0 Å². The average molecular weight is 87.0 g/mol. The van der Waals surface area contributed by atoms with Crippen LogP contribution in [0.1, 0.15) is 20.8 Å². The molecular weight excluding hydrogens is 72.9 g/mol. The van der Waals surface area contributed by atoms with Gasteiger partial charge in [-0.2, -0.15) is 0 Å². The Kier molecular flexibility index (Phi) is 1.66. The first-order chi connectivity index (χ1) is 2.56. The van der Waals surface area contributed by atoms with Crippen molar-refractivity contribution in [1.82, 2.24) is 0 Å². The van der Waals surface area contributed by atoms with Crippen molar-refractivity contribution < 1.29 is 5.23 Å². The molecular formula is C4H14BN. The van der Waals surface area contributed by atoms with Gasteiger partial charge in [0, 0.05) is 5.54 Å². The van der Waals surface area contributed by atoms with E-state index in [4.69, 9.17) is 0 Å². The van der Waals surface area contributed by atoms with Crippen LogP contribution in [0.2, 0.25) is 0 Å². The highest BCUT2D eigenvalue weighted by molar-refractivity contribution is 5.94. The third kappa shape index (κ3) is 4.02. The molecule has 0 aromatic heterocycles. The second-order valence-corrected chi connectivity index (χ2v) is 2.37. The maximum Gasteiger partial charge on any atom is 0.166 e. The van der Waals surface area contributed by atoms with E-state index in [1.54, 1.807) is 0 Å². The molecule has 0 aromatic rings. The van der Waals surface area contributed by atoms with Crippen LogP contribution in [0.4, 0.5) is 0 Å². The Hall–Kier alpha value is 0.0249. The lowest BCUT2D eigenvalue weighted by Crippen LogP contribution is -2.92. The van der Waals surface area contributed by atoms with Crippen LogP contribution < -0.4 is 5.23 Å². The molecule has 2 N–H and O–H groups in total. The van der Waals surface area contributed by atoms with E-state index in [9.17, 15) is 0 Å². The summed E-state index contributed by atoms with van der Waals surface area (Å²) in [5.74, 6) is 0. The first kappa shape index (κ1) is 6.02. The molecule has 0 amide bonds. The standard InChI is InChI=1S/C4H14BN/c1-4(2,3)6-5/h6H2,1-3,5H3. The third-order valence-corrected chi connectivity index (χ3v) is 0. The summed E-state index contributed by atoms with van der Waals surface area (Å²) in [6.45, 7) is 6.75. The highest BCUT2D eigenvalue weighted by atomic mass is 14.8. The molecule has 0 saturated heterocycles. The van der Waals surface area contributed by atoms with E-state index in [0.29, 0.717) is 13.5 Å². The van der Waals surface area contributed by atoms with Crippen molar-refractivity contribution >= 4 is 7.98 Å². The Bertz CT molecular complexity index is 37.3. The van der Waals surface area contributed by atoms with E-state index in [0.717, 1.165) is 0 Å². The quantitative estimate of drug-likeness (QED) is 0.351. The van der Waals surface area contributed by atoms with Gasteiger partial charge in [0.05, 0.1) is 0 Å². The van der Waals surface area contributed by atoms with Gasteiger partial charge in [-0.3, -0.25) is 0 Å². The number of hydrogen-bond donors (Lipinski definition) is 1. The monoisotopic (exact) mass is 87.1 g/mol. The molecule has 0 aliphatic rings. The van der Waals surface area contributed by atoms with Gasteiger partial charge in [-0.1, -0.05) is 0 Å². The summed E-state index contributed by atoms with van der Waals surface area (Å²) in [6.07, 6.45) is 0. The Morgan fingerprint density at radius 1 is 1.33 bits per heavy atom. The summed E-state index contributed by atoms with van der Waals surface area (Å²) in [6, 6.07) is 0. The molecule has 0 atom stereocenters. The summed E-state index contributed by atoms with van der Waals surface area (Å²) in [5, 5.41) is 2.44. The molecule has 38 valence electrons. The highest BCUT2D eigenvalue weighted by Gasteiger charge is 2.02. The Labute approximate surface area is 40.6 Å². The molecule has 6 heavy (non-hydrogen) atoms. The molecule has 0 saturated carbocycles. The fraction of sp³-hybridized carbons (Fsp3) is 1.00. The van der Waals surface area contributed by atoms with Gasteiger partial charge in [-0.05, 0) is 20.8 Å². The van der Waals surface area contributed by atoms with E-state index in [1.807, 2.05) is 0 Å². The Morgan fingerprint density at radius 3 is 1.50 bits per heavy atom. The molecule has 0 rings (SSSR count). The maximum atomic E-state index is 2.44. The van der Waals surface area contributed by atoms with Crippen LogP contribution in [0.25, 0.3) is 0 Å². The predicted octanol–water partition coefficient (Wildman–Crippen LogP) is -1.37. The molecule has 0 unspecified atom stereocenters. The van der Waals surface area contributed by atoms with Crippen LogP contribution in [0, 0.1) is 0 Å². The number of quaternary nitrogens is 1. The van der Waals surface area contributed by atoms with Crippen molar-refractivity contribution in [2.45, 2.75) is 26.3 Å². The van der Waals surface area contributed by atoms with Gasteiger partial charge < -0.3 is 5.23 Å². The first-order valence-corrected chi connectivity index (χ1v) is 1.79. The highest BCUT2D eigenvalue weighted by Crippen LogP contribution is 1.85. The summed E-state index contributed by atoms with van der Waals surface area (Å²) >= 11 is 0. The largest absolute Gasteiger partial charge is 0.540 e. The normalized spacial score (nSPS) is 12.0. The van der Waals surface area contributed by atoms with Gasteiger partial charge in [0.1, 0.15) is 0 Å². The molecule has 0 radical (unpaired) electrons.